The second kappa shape index (κ2) is 8.02. The van der Waals surface area contributed by atoms with E-state index >= 15 is 0 Å². The van der Waals surface area contributed by atoms with Crippen molar-refractivity contribution in [2.45, 2.75) is 32.5 Å². The Bertz CT molecular complexity index is 127. The summed E-state index contributed by atoms with van der Waals surface area (Å²) in [7, 11) is 0. The average molecular weight is 184 g/mol. The van der Waals surface area contributed by atoms with Crippen LogP contribution in [-0.2, 0) is 9.47 Å². The summed E-state index contributed by atoms with van der Waals surface area (Å²) in [5.74, 6) is 0. The van der Waals surface area contributed by atoms with E-state index in [0.29, 0.717) is 13.2 Å². The van der Waals surface area contributed by atoms with Crippen LogP contribution in [0, 0.1) is 0 Å². The van der Waals surface area contributed by atoms with Crippen molar-refractivity contribution in [2.24, 2.45) is 0 Å². The second-order valence-electron chi connectivity index (χ2n) is 3.10. The topological polar surface area (TPSA) is 18.5 Å². The van der Waals surface area contributed by atoms with Gasteiger partial charge in [-0.05, 0) is 20.3 Å². The maximum atomic E-state index is 5.42. The molecule has 0 amide bonds. The molecule has 0 aromatic heterocycles. The standard InChI is InChI=1S/C11H20O2/c1-5-7-12-10(3)9-11(4)13-8-6-2/h5-6,10-11H,1-2,7-9H2,3-4H3/t10-,11-/m1/s1. The number of ether oxygens (including phenoxy) is 2. The van der Waals surface area contributed by atoms with E-state index in [4.69, 9.17) is 9.47 Å². The number of hydrogen-bond acceptors (Lipinski definition) is 2. The molecular weight excluding hydrogens is 164 g/mol. The fourth-order valence-corrected chi connectivity index (χ4v) is 1.07. The van der Waals surface area contributed by atoms with Gasteiger partial charge >= 0.3 is 0 Å². The molecule has 13 heavy (non-hydrogen) atoms. The molecule has 0 rings (SSSR count). The molecule has 0 aliphatic heterocycles. The van der Waals surface area contributed by atoms with Gasteiger partial charge < -0.3 is 9.47 Å². The zero-order valence-electron chi connectivity index (χ0n) is 8.66. The Balaban J connectivity index is 3.45. The van der Waals surface area contributed by atoms with E-state index in [1.165, 1.54) is 0 Å². The predicted molar refractivity (Wildman–Crippen MR) is 55.8 cm³/mol. The maximum absolute atomic E-state index is 5.42. The lowest BCUT2D eigenvalue weighted by Gasteiger charge is -2.17. The fraction of sp³-hybridized carbons (Fsp3) is 0.636. The largest absolute Gasteiger partial charge is 0.374 e. The van der Waals surface area contributed by atoms with E-state index in [1.807, 2.05) is 13.8 Å². The Hall–Kier alpha value is -0.600. The molecule has 0 fully saturated rings. The Labute approximate surface area is 81.2 Å². The van der Waals surface area contributed by atoms with E-state index < -0.39 is 0 Å². The van der Waals surface area contributed by atoms with Gasteiger partial charge in [-0.25, -0.2) is 0 Å². The third-order valence-electron chi connectivity index (χ3n) is 1.66. The Kier molecular flexibility index (Phi) is 7.65. The van der Waals surface area contributed by atoms with Crippen molar-refractivity contribution in [2.75, 3.05) is 13.2 Å². The SMILES string of the molecule is C=CCO[C@H](C)C[C@@H](C)OCC=C. The third kappa shape index (κ3) is 7.75. The zero-order valence-corrected chi connectivity index (χ0v) is 8.66. The normalized spacial score (nSPS) is 14.9. The van der Waals surface area contributed by atoms with E-state index in [-0.39, 0.29) is 12.2 Å². The van der Waals surface area contributed by atoms with Crippen LogP contribution in [0.4, 0.5) is 0 Å². The van der Waals surface area contributed by atoms with E-state index in [2.05, 4.69) is 13.2 Å². The molecule has 0 radical (unpaired) electrons. The van der Waals surface area contributed by atoms with Crippen LogP contribution in [0.25, 0.3) is 0 Å². The summed E-state index contributed by atoms with van der Waals surface area (Å²) < 4.78 is 10.8. The predicted octanol–water partition coefficient (Wildman–Crippen LogP) is 2.56. The molecule has 0 unspecified atom stereocenters. The lowest BCUT2D eigenvalue weighted by molar-refractivity contribution is 0.0150. The van der Waals surface area contributed by atoms with Crippen LogP contribution in [0.5, 0.6) is 0 Å². The smallest absolute Gasteiger partial charge is 0.0648 e. The molecule has 0 N–H and O–H groups in total. The van der Waals surface area contributed by atoms with Crippen LogP contribution in [0.3, 0.4) is 0 Å². The van der Waals surface area contributed by atoms with Crippen LogP contribution in [0.15, 0.2) is 25.3 Å². The molecule has 0 aliphatic rings. The zero-order chi connectivity index (χ0) is 10.1. The van der Waals surface area contributed by atoms with Crippen LogP contribution in [-0.4, -0.2) is 25.4 Å². The van der Waals surface area contributed by atoms with Gasteiger partial charge in [0, 0.05) is 0 Å². The van der Waals surface area contributed by atoms with Crippen molar-refractivity contribution in [1.82, 2.24) is 0 Å². The third-order valence-corrected chi connectivity index (χ3v) is 1.66. The minimum Gasteiger partial charge on any atom is -0.374 e. The lowest BCUT2D eigenvalue weighted by atomic mass is 10.2. The van der Waals surface area contributed by atoms with E-state index in [0.717, 1.165) is 6.42 Å². The van der Waals surface area contributed by atoms with Crippen LogP contribution < -0.4 is 0 Å². The van der Waals surface area contributed by atoms with Gasteiger partial charge in [0.1, 0.15) is 0 Å². The molecule has 0 aliphatic carbocycles. The second-order valence-corrected chi connectivity index (χ2v) is 3.10. The molecule has 2 atom stereocenters. The highest BCUT2D eigenvalue weighted by Crippen LogP contribution is 2.05. The Morgan fingerprint density at radius 1 is 1.00 bits per heavy atom. The van der Waals surface area contributed by atoms with Crippen LogP contribution in [0.2, 0.25) is 0 Å². The Morgan fingerprint density at radius 3 is 1.69 bits per heavy atom. The van der Waals surface area contributed by atoms with Gasteiger partial charge in [-0.2, -0.15) is 0 Å². The first-order chi connectivity index (χ1) is 6.20. The molecule has 0 spiro atoms. The molecule has 0 saturated carbocycles. The molecule has 0 aromatic carbocycles. The summed E-state index contributed by atoms with van der Waals surface area (Å²) in [6, 6.07) is 0. The summed E-state index contributed by atoms with van der Waals surface area (Å²) in [4.78, 5) is 0. The minimum atomic E-state index is 0.220. The van der Waals surface area contributed by atoms with Crippen molar-refractivity contribution in [1.29, 1.82) is 0 Å². The average Bonchev–Trinajstić information content (AvgIpc) is 2.11. The van der Waals surface area contributed by atoms with Crippen LogP contribution in [0.1, 0.15) is 20.3 Å². The van der Waals surface area contributed by atoms with Gasteiger partial charge in [0.15, 0.2) is 0 Å². The summed E-state index contributed by atoms with van der Waals surface area (Å²) in [5, 5.41) is 0. The van der Waals surface area contributed by atoms with Gasteiger partial charge in [0.05, 0.1) is 25.4 Å². The van der Waals surface area contributed by atoms with Gasteiger partial charge in [0.25, 0.3) is 0 Å². The molecule has 0 heterocycles. The lowest BCUT2D eigenvalue weighted by Crippen LogP contribution is -2.18. The Morgan fingerprint density at radius 2 is 1.38 bits per heavy atom. The fourth-order valence-electron chi connectivity index (χ4n) is 1.07. The highest BCUT2D eigenvalue weighted by atomic mass is 16.5. The van der Waals surface area contributed by atoms with Crippen LogP contribution >= 0.6 is 0 Å². The number of rotatable bonds is 8. The minimum absolute atomic E-state index is 0.220. The van der Waals surface area contributed by atoms with E-state index in [9.17, 15) is 0 Å². The van der Waals surface area contributed by atoms with Gasteiger partial charge in [-0.3, -0.25) is 0 Å². The van der Waals surface area contributed by atoms with Crippen molar-refractivity contribution in [3.05, 3.63) is 25.3 Å². The summed E-state index contributed by atoms with van der Waals surface area (Å²) >= 11 is 0. The maximum Gasteiger partial charge on any atom is 0.0648 e. The van der Waals surface area contributed by atoms with E-state index in [1.54, 1.807) is 12.2 Å². The summed E-state index contributed by atoms with van der Waals surface area (Å²) in [6.07, 6.45) is 4.86. The molecule has 2 nitrogen and oxygen atoms in total. The molecular formula is C11H20O2. The van der Waals surface area contributed by atoms with Crippen molar-refractivity contribution in [3.63, 3.8) is 0 Å². The highest BCUT2D eigenvalue weighted by Gasteiger charge is 2.07. The van der Waals surface area contributed by atoms with Gasteiger partial charge in [-0.15, -0.1) is 13.2 Å². The molecule has 0 bridgehead atoms. The highest BCUT2D eigenvalue weighted by molar-refractivity contribution is 4.68. The van der Waals surface area contributed by atoms with Gasteiger partial charge in [-0.1, -0.05) is 12.2 Å². The first-order valence-electron chi connectivity index (χ1n) is 4.65. The first-order valence-corrected chi connectivity index (χ1v) is 4.65. The molecule has 2 heteroatoms. The quantitative estimate of drug-likeness (QED) is 0.540. The first kappa shape index (κ1) is 12.4. The number of hydrogen-bond donors (Lipinski definition) is 0. The van der Waals surface area contributed by atoms with Gasteiger partial charge in [0.2, 0.25) is 0 Å². The summed E-state index contributed by atoms with van der Waals surface area (Å²) in [5.41, 5.74) is 0. The monoisotopic (exact) mass is 184 g/mol. The van der Waals surface area contributed by atoms with Crippen molar-refractivity contribution < 1.29 is 9.47 Å². The molecule has 0 saturated heterocycles. The molecule has 0 aromatic rings. The van der Waals surface area contributed by atoms with Crippen molar-refractivity contribution in [3.8, 4) is 0 Å². The summed E-state index contributed by atoms with van der Waals surface area (Å²) in [6.45, 7) is 12.5. The van der Waals surface area contributed by atoms with Crippen molar-refractivity contribution >= 4 is 0 Å². The molecule has 76 valence electrons.